The molecule has 0 aliphatic carbocycles. The van der Waals surface area contributed by atoms with Crippen LogP contribution < -0.4 is 0 Å². The molecule has 0 amide bonds. The molecule has 9 heavy (non-hydrogen) atoms. The summed E-state index contributed by atoms with van der Waals surface area (Å²) in [6.45, 7) is 1.77. The number of aryl methyl sites for hydroxylation is 1. The van der Waals surface area contributed by atoms with Gasteiger partial charge in [-0.15, -0.1) is 17.7 Å². The molecule has 0 N–H and O–H groups in total. The van der Waals surface area contributed by atoms with Crippen LogP contribution in [0, 0.1) is 13.1 Å². The summed E-state index contributed by atoms with van der Waals surface area (Å²) in [5.74, 6) is 0.650. The predicted molar refractivity (Wildman–Crippen MR) is 30.6 cm³/mol. The molecular weight excluding hydrogens is 174 g/mol. The van der Waals surface area contributed by atoms with Crippen molar-refractivity contribution in [2.45, 2.75) is 6.92 Å². The maximum atomic E-state index is 5.46. The molecule has 0 atom stereocenters. The molecule has 0 aromatic carbocycles. The smallest absolute Gasteiger partial charge is 0.373 e. The normalized spacial score (nSPS) is 8.22. The first-order valence-corrected chi connectivity index (χ1v) is 2.54. The van der Waals surface area contributed by atoms with Gasteiger partial charge in [0.1, 0.15) is 0 Å². The van der Waals surface area contributed by atoms with E-state index in [1.54, 1.807) is 6.92 Å². The first-order valence-electron chi connectivity index (χ1n) is 2.16. The van der Waals surface area contributed by atoms with E-state index < -0.39 is 0 Å². The van der Waals surface area contributed by atoms with Gasteiger partial charge in [-0.3, -0.25) is 0 Å². The number of halogens is 1. The maximum absolute atomic E-state index is 5.46. The Kier molecular flexibility index (Phi) is 3.86. The van der Waals surface area contributed by atoms with Crippen LogP contribution >= 0.6 is 11.6 Å². The van der Waals surface area contributed by atoms with Crippen LogP contribution in [-0.2, 0) is 18.6 Å². The van der Waals surface area contributed by atoms with Gasteiger partial charge < -0.3 is 9.97 Å². The van der Waals surface area contributed by atoms with E-state index in [9.17, 15) is 0 Å². The van der Waals surface area contributed by atoms with Crippen LogP contribution in [0.1, 0.15) is 5.82 Å². The van der Waals surface area contributed by atoms with Gasteiger partial charge in [0, 0.05) is 11.0 Å². The van der Waals surface area contributed by atoms with Gasteiger partial charge in [-0.05, 0) is 0 Å². The van der Waals surface area contributed by atoms with Crippen molar-refractivity contribution in [3.8, 4) is 0 Å². The van der Waals surface area contributed by atoms with Crippen molar-refractivity contribution in [1.82, 2.24) is 9.97 Å². The van der Waals surface area contributed by atoms with Crippen molar-refractivity contribution < 1.29 is 18.6 Å². The minimum atomic E-state index is 0. The summed E-state index contributed by atoms with van der Waals surface area (Å²) in [6.07, 6.45) is 2.58. The molecule has 0 unspecified atom stereocenters. The van der Waals surface area contributed by atoms with Gasteiger partial charge in [-0.2, -0.15) is 0 Å². The largest absolute Gasteiger partial charge is 2.00 e. The molecule has 1 rings (SSSR count). The number of aromatic nitrogens is 2. The zero-order valence-electron chi connectivity index (χ0n) is 4.80. The average molecular weight is 178 g/mol. The minimum Gasteiger partial charge on any atom is -0.373 e. The van der Waals surface area contributed by atoms with Crippen molar-refractivity contribution in [3.05, 3.63) is 23.2 Å². The molecule has 0 aliphatic heterocycles. The third-order valence-electron chi connectivity index (χ3n) is 0.679. The first-order chi connectivity index (χ1) is 3.79. The van der Waals surface area contributed by atoms with Gasteiger partial charge in [0.05, 0.1) is 0 Å². The molecule has 1 aromatic rings. The number of rotatable bonds is 0. The average Bonchev–Trinajstić information content (AvgIpc) is 1.64. The van der Waals surface area contributed by atoms with E-state index in [0.29, 0.717) is 11.0 Å². The second-order valence-electron chi connectivity index (χ2n) is 1.37. The molecule has 0 saturated carbocycles. The van der Waals surface area contributed by atoms with E-state index in [1.165, 1.54) is 6.07 Å². The number of hydrogen-bond acceptors (Lipinski definition) is 2. The van der Waals surface area contributed by atoms with Crippen molar-refractivity contribution >= 4 is 11.6 Å². The molecule has 4 heteroatoms. The standard InChI is InChI=1S/C5H4ClN2.V/c1-4-7-3-2-5(6)8-4;/h2H,1H3;/q-1;+2. The quantitative estimate of drug-likeness (QED) is 0.441. The van der Waals surface area contributed by atoms with Crippen LogP contribution in [0.3, 0.4) is 0 Å². The van der Waals surface area contributed by atoms with E-state index in [4.69, 9.17) is 11.6 Å². The Morgan fingerprint density at radius 2 is 2.33 bits per heavy atom. The Labute approximate surface area is 70.5 Å². The monoisotopic (exact) mass is 178 g/mol. The van der Waals surface area contributed by atoms with Gasteiger partial charge >= 0.3 is 18.6 Å². The summed E-state index contributed by atoms with van der Waals surface area (Å²) >= 11 is 5.46. The van der Waals surface area contributed by atoms with Crippen LogP contribution in [0.4, 0.5) is 0 Å². The second-order valence-corrected chi connectivity index (χ2v) is 1.75. The van der Waals surface area contributed by atoms with E-state index in [0.717, 1.165) is 0 Å². The van der Waals surface area contributed by atoms with Crippen molar-refractivity contribution in [1.29, 1.82) is 0 Å². The zero-order valence-corrected chi connectivity index (χ0v) is 6.95. The number of hydrogen-bond donors (Lipinski definition) is 0. The molecule has 0 bridgehead atoms. The zero-order chi connectivity index (χ0) is 5.98. The minimum absolute atomic E-state index is 0. The Morgan fingerprint density at radius 3 is 2.67 bits per heavy atom. The van der Waals surface area contributed by atoms with Gasteiger partial charge in [-0.1, -0.05) is 13.1 Å². The van der Waals surface area contributed by atoms with Crippen LogP contribution in [0.2, 0.25) is 5.15 Å². The molecule has 1 radical (unpaired) electrons. The molecule has 0 aliphatic rings. The van der Waals surface area contributed by atoms with Gasteiger partial charge in [-0.25, -0.2) is 0 Å². The van der Waals surface area contributed by atoms with Gasteiger partial charge in [0.25, 0.3) is 0 Å². The molecular formula is C5H4ClN2V+. The molecule has 0 saturated heterocycles. The molecule has 45 valence electrons. The third kappa shape index (κ3) is 2.85. The Balaban J connectivity index is 0.000000640. The topological polar surface area (TPSA) is 25.8 Å². The van der Waals surface area contributed by atoms with Crippen molar-refractivity contribution in [2.24, 2.45) is 0 Å². The molecule has 0 spiro atoms. The number of nitrogens with zero attached hydrogens (tertiary/aromatic N) is 2. The summed E-state index contributed by atoms with van der Waals surface area (Å²) in [7, 11) is 0. The first kappa shape index (κ1) is 8.95. The SMILES string of the molecule is Cc1n[c-]cc(Cl)n1.[V+2]. The van der Waals surface area contributed by atoms with Crippen molar-refractivity contribution in [2.75, 3.05) is 0 Å². The fraction of sp³-hybridized carbons (Fsp3) is 0.200. The second kappa shape index (κ2) is 3.88. The Bertz CT molecular complexity index is 175. The van der Waals surface area contributed by atoms with Crippen LogP contribution in [0.25, 0.3) is 0 Å². The third-order valence-corrected chi connectivity index (χ3v) is 0.872. The van der Waals surface area contributed by atoms with E-state index >= 15 is 0 Å². The van der Waals surface area contributed by atoms with E-state index in [2.05, 4.69) is 16.2 Å². The van der Waals surface area contributed by atoms with Gasteiger partial charge in [0.2, 0.25) is 0 Å². The Hall–Kier alpha value is -0.0456. The summed E-state index contributed by atoms with van der Waals surface area (Å²) in [4.78, 5) is 7.52. The fourth-order valence-corrected chi connectivity index (χ4v) is 0.562. The summed E-state index contributed by atoms with van der Waals surface area (Å²) in [5.41, 5.74) is 0. The summed E-state index contributed by atoms with van der Waals surface area (Å²) in [6, 6.07) is 1.52. The summed E-state index contributed by atoms with van der Waals surface area (Å²) in [5, 5.41) is 0.442. The maximum Gasteiger partial charge on any atom is 2.00 e. The molecule has 0 fully saturated rings. The molecule has 1 aromatic heterocycles. The fourth-order valence-electron chi connectivity index (χ4n) is 0.391. The van der Waals surface area contributed by atoms with Gasteiger partial charge in [0.15, 0.2) is 0 Å². The Morgan fingerprint density at radius 1 is 1.67 bits per heavy atom. The van der Waals surface area contributed by atoms with Crippen LogP contribution in [-0.4, -0.2) is 9.97 Å². The predicted octanol–water partition coefficient (Wildman–Crippen LogP) is 1.24. The van der Waals surface area contributed by atoms with E-state index in [-0.39, 0.29) is 18.6 Å². The molecule has 1 heterocycles. The van der Waals surface area contributed by atoms with Crippen molar-refractivity contribution in [3.63, 3.8) is 0 Å². The van der Waals surface area contributed by atoms with E-state index in [1.807, 2.05) is 0 Å². The van der Waals surface area contributed by atoms with Crippen LogP contribution in [0.5, 0.6) is 0 Å². The van der Waals surface area contributed by atoms with Crippen LogP contribution in [0.15, 0.2) is 6.07 Å². The summed E-state index contributed by atoms with van der Waals surface area (Å²) < 4.78 is 0. The molecule has 2 nitrogen and oxygen atoms in total.